The molecule has 0 radical (unpaired) electrons. The van der Waals surface area contributed by atoms with Gasteiger partial charge in [-0.05, 0) is 44.3 Å². The van der Waals surface area contributed by atoms with E-state index in [1.54, 1.807) is 0 Å². The molecule has 2 N–H and O–H groups in total. The van der Waals surface area contributed by atoms with Crippen molar-refractivity contribution >= 4 is 17.5 Å². The first-order valence-electron chi connectivity index (χ1n) is 6.87. The van der Waals surface area contributed by atoms with E-state index in [1.165, 1.54) is 0 Å². The Kier molecular flexibility index (Phi) is 4.74. The number of nitrogens with one attached hydrogen (secondary N) is 2. The molecule has 1 aliphatic heterocycles. The molecule has 0 fully saturated rings. The molecule has 0 saturated heterocycles. The van der Waals surface area contributed by atoms with Crippen molar-refractivity contribution in [1.82, 2.24) is 10.2 Å². The van der Waals surface area contributed by atoms with E-state index in [-0.39, 0.29) is 11.8 Å². The molecule has 0 unspecified atom stereocenters. The van der Waals surface area contributed by atoms with Crippen LogP contribution in [0.2, 0.25) is 0 Å². The van der Waals surface area contributed by atoms with Gasteiger partial charge in [0.1, 0.15) is 0 Å². The number of carbonyl (C=O) groups is 2. The van der Waals surface area contributed by atoms with Gasteiger partial charge in [-0.3, -0.25) is 9.59 Å². The summed E-state index contributed by atoms with van der Waals surface area (Å²) in [6.45, 7) is 1.66. The highest BCUT2D eigenvalue weighted by atomic mass is 16.2. The number of carbonyl (C=O) groups excluding carboxylic acids is 2. The maximum absolute atomic E-state index is 11.8. The fourth-order valence-electron chi connectivity index (χ4n) is 2.26. The lowest BCUT2D eigenvalue weighted by Gasteiger charge is -2.10. The summed E-state index contributed by atoms with van der Waals surface area (Å²) in [6.07, 6.45) is 1.72. The van der Waals surface area contributed by atoms with Gasteiger partial charge in [0, 0.05) is 12.2 Å². The second-order valence-electron chi connectivity index (χ2n) is 5.40. The van der Waals surface area contributed by atoms with Gasteiger partial charge in [0.2, 0.25) is 11.8 Å². The maximum Gasteiger partial charge on any atom is 0.228 e. The van der Waals surface area contributed by atoms with Gasteiger partial charge in [0.25, 0.3) is 0 Å². The van der Waals surface area contributed by atoms with Gasteiger partial charge in [-0.1, -0.05) is 12.1 Å². The Morgan fingerprint density at radius 1 is 1.40 bits per heavy atom. The van der Waals surface area contributed by atoms with Gasteiger partial charge in [-0.2, -0.15) is 0 Å². The molecule has 2 rings (SSSR count). The summed E-state index contributed by atoms with van der Waals surface area (Å²) < 4.78 is 0. The quantitative estimate of drug-likeness (QED) is 0.755. The minimum Gasteiger partial charge on any atom is -0.356 e. The molecule has 2 amide bonds. The number of hydrogen-bond acceptors (Lipinski definition) is 3. The monoisotopic (exact) mass is 275 g/mol. The summed E-state index contributed by atoms with van der Waals surface area (Å²) in [6, 6.07) is 5.70. The van der Waals surface area contributed by atoms with E-state index in [0.717, 1.165) is 29.8 Å². The largest absolute Gasteiger partial charge is 0.356 e. The minimum atomic E-state index is 0.0188. The van der Waals surface area contributed by atoms with Gasteiger partial charge < -0.3 is 15.5 Å². The molecule has 0 spiro atoms. The van der Waals surface area contributed by atoms with E-state index >= 15 is 0 Å². The summed E-state index contributed by atoms with van der Waals surface area (Å²) in [7, 11) is 4.03. The topological polar surface area (TPSA) is 61.4 Å². The molecule has 1 heterocycles. The third kappa shape index (κ3) is 4.06. The van der Waals surface area contributed by atoms with Crippen LogP contribution >= 0.6 is 0 Å². The van der Waals surface area contributed by atoms with Gasteiger partial charge >= 0.3 is 0 Å². The van der Waals surface area contributed by atoms with Crippen molar-refractivity contribution in [3.05, 3.63) is 29.3 Å². The number of anilines is 1. The lowest BCUT2D eigenvalue weighted by Crippen LogP contribution is -2.28. The summed E-state index contributed by atoms with van der Waals surface area (Å²) in [5.74, 6) is 0.0475. The fourth-order valence-corrected chi connectivity index (χ4v) is 2.26. The molecule has 0 aliphatic carbocycles. The summed E-state index contributed by atoms with van der Waals surface area (Å²) in [4.78, 5) is 25.2. The highest BCUT2D eigenvalue weighted by molar-refractivity contribution is 5.99. The van der Waals surface area contributed by atoms with Crippen molar-refractivity contribution in [2.75, 3.05) is 32.5 Å². The van der Waals surface area contributed by atoms with Crippen molar-refractivity contribution in [3.8, 4) is 0 Å². The van der Waals surface area contributed by atoms with Crippen LogP contribution in [0.5, 0.6) is 0 Å². The Labute approximate surface area is 119 Å². The van der Waals surface area contributed by atoms with Crippen molar-refractivity contribution in [2.45, 2.75) is 19.3 Å². The molecular formula is C15H21N3O2. The van der Waals surface area contributed by atoms with E-state index in [4.69, 9.17) is 0 Å². The molecule has 0 saturated carbocycles. The van der Waals surface area contributed by atoms with Crippen LogP contribution in [-0.2, 0) is 22.4 Å². The van der Waals surface area contributed by atoms with Crippen molar-refractivity contribution in [3.63, 3.8) is 0 Å². The van der Waals surface area contributed by atoms with Crippen LogP contribution in [0, 0.1) is 0 Å². The molecule has 108 valence electrons. The molecule has 1 aliphatic rings. The first-order valence-corrected chi connectivity index (χ1v) is 6.87. The second-order valence-corrected chi connectivity index (χ2v) is 5.40. The Hall–Kier alpha value is -1.88. The Morgan fingerprint density at radius 3 is 2.95 bits per heavy atom. The van der Waals surface area contributed by atoms with Crippen molar-refractivity contribution in [1.29, 1.82) is 0 Å². The Bertz CT molecular complexity index is 512. The second kappa shape index (κ2) is 6.52. The predicted molar refractivity (Wildman–Crippen MR) is 78.7 cm³/mol. The third-order valence-corrected chi connectivity index (χ3v) is 3.26. The average molecular weight is 275 g/mol. The smallest absolute Gasteiger partial charge is 0.228 e. The lowest BCUT2D eigenvalue weighted by molar-refractivity contribution is -0.120. The maximum atomic E-state index is 11.8. The van der Waals surface area contributed by atoms with E-state index in [2.05, 4.69) is 15.5 Å². The average Bonchev–Trinajstić information content (AvgIpc) is 2.74. The zero-order valence-corrected chi connectivity index (χ0v) is 12.0. The van der Waals surface area contributed by atoms with Crippen LogP contribution in [0.4, 0.5) is 5.69 Å². The molecular weight excluding hydrogens is 254 g/mol. The summed E-state index contributed by atoms with van der Waals surface area (Å²) >= 11 is 0. The molecule has 1 aromatic carbocycles. The zero-order chi connectivity index (χ0) is 14.5. The fraction of sp³-hybridized carbons (Fsp3) is 0.467. The standard InChI is InChI=1S/C15H21N3O2/c1-18(2)7-3-6-16-14(19)9-11-4-5-13-12(8-11)10-15(20)17-13/h4-5,8H,3,6-7,9-10H2,1-2H3,(H,16,19)(H,17,20). The van der Waals surface area contributed by atoms with Gasteiger partial charge in [0.05, 0.1) is 12.8 Å². The first kappa shape index (κ1) is 14.5. The van der Waals surface area contributed by atoms with Crippen LogP contribution in [0.15, 0.2) is 18.2 Å². The Morgan fingerprint density at radius 2 is 2.20 bits per heavy atom. The SMILES string of the molecule is CN(C)CCCNC(=O)Cc1ccc2c(c1)CC(=O)N2. The van der Waals surface area contributed by atoms with Gasteiger partial charge in [-0.15, -0.1) is 0 Å². The Balaban J connectivity index is 1.80. The minimum absolute atomic E-state index is 0.0188. The first-order chi connectivity index (χ1) is 9.54. The van der Waals surface area contributed by atoms with Crippen molar-refractivity contribution in [2.24, 2.45) is 0 Å². The number of nitrogens with zero attached hydrogens (tertiary/aromatic N) is 1. The van der Waals surface area contributed by atoms with E-state index in [0.29, 0.717) is 19.4 Å². The number of benzene rings is 1. The van der Waals surface area contributed by atoms with Crippen LogP contribution < -0.4 is 10.6 Å². The number of amides is 2. The van der Waals surface area contributed by atoms with Crippen LogP contribution in [0.25, 0.3) is 0 Å². The molecule has 1 aromatic rings. The lowest BCUT2D eigenvalue weighted by atomic mass is 10.1. The predicted octanol–water partition coefficient (Wildman–Crippen LogP) is 0.792. The number of fused-ring (bicyclic) bond motifs is 1. The van der Waals surface area contributed by atoms with E-state index in [1.807, 2.05) is 32.3 Å². The normalized spacial score (nSPS) is 13.2. The molecule has 0 bridgehead atoms. The van der Waals surface area contributed by atoms with E-state index < -0.39 is 0 Å². The molecule has 0 atom stereocenters. The van der Waals surface area contributed by atoms with Crippen LogP contribution in [0.3, 0.4) is 0 Å². The summed E-state index contributed by atoms with van der Waals surface area (Å²) in [5.41, 5.74) is 2.79. The number of rotatable bonds is 6. The van der Waals surface area contributed by atoms with Crippen molar-refractivity contribution < 1.29 is 9.59 Å². The van der Waals surface area contributed by atoms with E-state index in [9.17, 15) is 9.59 Å². The summed E-state index contributed by atoms with van der Waals surface area (Å²) in [5, 5.41) is 5.70. The third-order valence-electron chi connectivity index (χ3n) is 3.26. The van der Waals surface area contributed by atoms with Crippen LogP contribution in [-0.4, -0.2) is 43.9 Å². The number of hydrogen-bond donors (Lipinski definition) is 2. The molecule has 0 aromatic heterocycles. The highest BCUT2D eigenvalue weighted by Gasteiger charge is 2.17. The molecule has 5 nitrogen and oxygen atoms in total. The molecule has 5 heteroatoms. The highest BCUT2D eigenvalue weighted by Crippen LogP contribution is 2.23. The molecule has 20 heavy (non-hydrogen) atoms. The zero-order valence-electron chi connectivity index (χ0n) is 12.0. The van der Waals surface area contributed by atoms with Gasteiger partial charge in [-0.25, -0.2) is 0 Å². The van der Waals surface area contributed by atoms with Crippen LogP contribution in [0.1, 0.15) is 17.5 Å². The van der Waals surface area contributed by atoms with Gasteiger partial charge in [0.15, 0.2) is 0 Å².